The lowest BCUT2D eigenvalue weighted by atomic mass is 10.5. The number of rotatable bonds is 20. The second-order valence-corrected chi connectivity index (χ2v) is 34.9. The van der Waals surface area contributed by atoms with Crippen molar-refractivity contribution in [1.82, 2.24) is 0 Å². The zero-order chi connectivity index (χ0) is 27.0. The predicted octanol–water partition coefficient (Wildman–Crippen LogP) is 5.19. The molecular weight excluding hydrogens is 565 g/mol. The van der Waals surface area contributed by atoms with E-state index in [2.05, 4.69) is 72.0 Å². The topological polar surface area (TPSA) is 77.1 Å². The molecular formula is C20H51O8Si7. The van der Waals surface area contributed by atoms with E-state index < -0.39 is 51.6 Å². The molecule has 1 heterocycles. The van der Waals surface area contributed by atoms with Gasteiger partial charge < -0.3 is 34.5 Å². The molecule has 35 heavy (non-hydrogen) atoms. The molecule has 0 aromatic rings. The van der Waals surface area contributed by atoms with Crippen LogP contribution in [-0.2, 0) is 34.5 Å². The van der Waals surface area contributed by atoms with E-state index >= 15 is 0 Å². The van der Waals surface area contributed by atoms with Gasteiger partial charge in [-0.05, 0) is 96.6 Å². The smallest absolute Gasteiger partial charge is 0.360 e. The Kier molecular flexibility index (Phi) is 14.2. The van der Waals surface area contributed by atoms with E-state index in [1.54, 1.807) is 7.11 Å². The van der Waals surface area contributed by atoms with Gasteiger partial charge in [0, 0.05) is 13.7 Å². The summed E-state index contributed by atoms with van der Waals surface area (Å²) in [5, 5.41) is 0. The average molecular weight is 616 g/mol. The van der Waals surface area contributed by atoms with Crippen LogP contribution in [0.1, 0.15) is 6.42 Å². The first-order chi connectivity index (χ1) is 15.9. The van der Waals surface area contributed by atoms with Crippen LogP contribution in [0.4, 0.5) is 0 Å². The molecule has 1 aliphatic heterocycles. The fraction of sp³-hybridized carbons (Fsp3) is 1.00. The Bertz CT molecular complexity index is 615. The molecule has 3 unspecified atom stereocenters. The van der Waals surface area contributed by atoms with E-state index in [0.29, 0.717) is 23.0 Å². The lowest BCUT2D eigenvalue weighted by molar-refractivity contribution is 0.115. The predicted molar refractivity (Wildman–Crippen MR) is 157 cm³/mol. The maximum Gasteiger partial charge on any atom is 0.360 e. The summed E-state index contributed by atoms with van der Waals surface area (Å²) in [6.07, 6.45) is 1.17. The molecule has 0 aromatic carbocycles. The van der Waals surface area contributed by atoms with Gasteiger partial charge in [-0.3, -0.25) is 0 Å². The standard InChI is InChI=1S/C20H51O8Si7/c1-21-29-15-17-35(12,26-32(6,7)8)28-33(9,10)27-34(11,25-30(2)24-31(3,4)5)16-13-14-22-18-20-19-23-20/h20H,13-19H2,1-12H3. The van der Waals surface area contributed by atoms with Gasteiger partial charge in [-0.25, -0.2) is 0 Å². The summed E-state index contributed by atoms with van der Waals surface area (Å²) in [7, 11) is -10.3. The van der Waals surface area contributed by atoms with Crippen LogP contribution in [-0.4, -0.2) is 94.4 Å². The van der Waals surface area contributed by atoms with Crippen LogP contribution in [0.3, 0.4) is 0 Å². The summed E-state index contributed by atoms with van der Waals surface area (Å²) < 4.78 is 49.9. The fourth-order valence-corrected chi connectivity index (χ4v) is 30.4. The number of epoxide rings is 1. The second-order valence-electron chi connectivity index (χ2n) is 11.9. The maximum absolute atomic E-state index is 6.92. The van der Waals surface area contributed by atoms with Crippen molar-refractivity contribution in [3.8, 4) is 0 Å². The van der Waals surface area contributed by atoms with E-state index in [4.69, 9.17) is 34.5 Å². The van der Waals surface area contributed by atoms with E-state index in [0.717, 1.165) is 31.2 Å². The van der Waals surface area contributed by atoms with Gasteiger partial charge in [-0.15, -0.1) is 0 Å². The number of ether oxygens (including phenoxy) is 2. The van der Waals surface area contributed by atoms with Gasteiger partial charge in [0.25, 0.3) is 0 Å². The molecule has 0 aliphatic carbocycles. The third kappa shape index (κ3) is 17.4. The van der Waals surface area contributed by atoms with Gasteiger partial charge in [0.1, 0.15) is 6.10 Å². The third-order valence-corrected chi connectivity index (χ3v) is 26.4. The van der Waals surface area contributed by atoms with Gasteiger partial charge in [-0.2, -0.15) is 0 Å². The Morgan fingerprint density at radius 1 is 0.829 bits per heavy atom. The van der Waals surface area contributed by atoms with Crippen LogP contribution >= 0.6 is 0 Å². The monoisotopic (exact) mass is 615 g/mol. The van der Waals surface area contributed by atoms with E-state index in [9.17, 15) is 0 Å². The first-order valence-corrected chi connectivity index (χ1v) is 30.2. The lowest BCUT2D eigenvalue weighted by Gasteiger charge is -2.43. The molecule has 0 aromatic heterocycles. The van der Waals surface area contributed by atoms with Crippen molar-refractivity contribution in [2.45, 2.75) is 103 Å². The molecule has 1 rings (SSSR count). The summed E-state index contributed by atoms with van der Waals surface area (Å²) in [5.74, 6) is 0. The molecule has 1 fully saturated rings. The van der Waals surface area contributed by atoms with Crippen LogP contribution < -0.4 is 0 Å². The highest BCUT2D eigenvalue weighted by molar-refractivity contribution is 6.90. The highest BCUT2D eigenvalue weighted by Gasteiger charge is 2.47. The highest BCUT2D eigenvalue weighted by atomic mass is 28.5. The van der Waals surface area contributed by atoms with E-state index in [-0.39, 0.29) is 6.10 Å². The molecule has 0 amide bonds. The number of hydrogen-bond acceptors (Lipinski definition) is 8. The van der Waals surface area contributed by atoms with Crippen LogP contribution in [0.5, 0.6) is 0 Å². The van der Waals surface area contributed by atoms with Gasteiger partial charge in [0.2, 0.25) is 9.76 Å². The van der Waals surface area contributed by atoms with Crippen LogP contribution in [0.2, 0.25) is 90.1 Å². The maximum atomic E-state index is 6.92. The highest BCUT2D eigenvalue weighted by Crippen LogP contribution is 2.30. The zero-order valence-electron chi connectivity index (χ0n) is 24.3. The van der Waals surface area contributed by atoms with Crippen molar-refractivity contribution in [3.05, 3.63) is 0 Å². The Morgan fingerprint density at radius 3 is 1.94 bits per heavy atom. The van der Waals surface area contributed by atoms with Crippen molar-refractivity contribution in [1.29, 1.82) is 0 Å². The SMILES string of the molecule is CO[Si]CC[Si](C)(O[Si](C)(C)C)O[Si](C)(C)O[Si](C)(CCCOCC1CO1)O[Si](C)O[Si](C)(C)C. The molecule has 3 radical (unpaired) electrons. The van der Waals surface area contributed by atoms with Crippen molar-refractivity contribution in [3.63, 3.8) is 0 Å². The van der Waals surface area contributed by atoms with Crippen molar-refractivity contribution < 1.29 is 34.5 Å². The molecule has 1 aliphatic rings. The summed E-state index contributed by atoms with van der Waals surface area (Å²) in [6, 6.07) is 2.70. The minimum absolute atomic E-state index is 0.286. The third-order valence-electron chi connectivity index (χ3n) is 4.71. The van der Waals surface area contributed by atoms with E-state index in [1.807, 2.05) is 0 Å². The van der Waals surface area contributed by atoms with Gasteiger partial charge in [0.05, 0.1) is 13.2 Å². The lowest BCUT2D eigenvalue weighted by Crippen LogP contribution is -2.59. The van der Waals surface area contributed by atoms with Crippen molar-refractivity contribution >= 4 is 61.4 Å². The Morgan fingerprint density at radius 2 is 1.43 bits per heavy atom. The van der Waals surface area contributed by atoms with Gasteiger partial charge >= 0.3 is 35.0 Å². The second kappa shape index (κ2) is 14.5. The molecule has 8 nitrogen and oxygen atoms in total. The zero-order valence-corrected chi connectivity index (χ0v) is 31.3. The van der Waals surface area contributed by atoms with Gasteiger partial charge in [-0.1, -0.05) is 0 Å². The summed E-state index contributed by atoms with van der Waals surface area (Å²) in [5.41, 5.74) is 0. The first kappa shape index (κ1) is 34.2. The van der Waals surface area contributed by atoms with Crippen molar-refractivity contribution in [2.24, 2.45) is 0 Å². The van der Waals surface area contributed by atoms with E-state index in [1.165, 1.54) is 0 Å². The molecule has 207 valence electrons. The van der Waals surface area contributed by atoms with Crippen LogP contribution in [0.25, 0.3) is 0 Å². The first-order valence-electron chi connectivity index (χ1n) is 12.6. The van der Waals surface area contributed by atoms with Crippen LogP contribution in [0.15, 0.2) is 0 Å². The molecule has 0 N–H and O–H groups in total. The molecule has 3 atom stereocenters. The van der Waals surface area contributed by atoms with Crippen LogP contribution in [0, 0.1) is 0 Å². The molecule has 0 spiro atoms. The fourth-order valence-electron chi connectivity index (χ4n) is 3.96. The normalized spacial score (nSPS) is 20.7. The minimum Gasteiger partial charge on any atom is -0.437 e. The Labute approximate surface area is 224 Å². The molecule has 1 saturated heterocycles. The average Bonchev–Trinajstić information content (AvgIpc) is 3.40. The Hall–Kier alpha value is 1.20. The summed E-state index contributed by atoms with van der Waals surface area (Å²) >= 11 is 0. The largest absolute Gasteiger partial charge is 0.437 e. The minimum atomic E-state index is -2.58. The summed E-state index contributed by atoms with van der Waals surface area (Å²) in [4.78, 5) is 0. The molecule has 0 saturated carbocycles. The molecule has 15 heteroatoms. The quantitative estimate of drug-likeness (QED) is 0.105. The van der Waals surface area contributed by atoms with Gasteiger partial charge in [0.15, 0.2) is 16.6 Å². The number of hydrogen-bond donors (Lipinski definition) is 0. The Balaban J connectivity index is 2.92. The molecule has 0 bridgehead atoms. The summed E-state index contributed by atoms with van der Waals surface area (Å²) in [6.45, 7) is 26.2. The van der Waals surface area contributed by atoms with Crippen molar-refractivity contribution in [2.75, 3.05) is 26.9 Å².